The monoisotopic (exact) mass is 501 g/mol. The standard InChI is InChI=1S/C26H35N3O5S/c1-5-19(3)27-26(31)24(28-25(30)21-7-6-8-22(17-21)34-4)20-13-15-29(16-14-20)35(32,33)23-11-9-18(2)10-12-23/h6-12,17,19-20,24H,5,13-16H2,1-4H3,(H,27,31)(H,28,30). The number of benzene rings is 2. The van der Waals surface area contributed by atoms with E-state index in [1.165, 1.54) is 11.4 Å². The van der Waals surface area contributed by atoms with E-state index in [9.17, 15) is 18.0 Å². The molecule has 1 saturated heterocycles. The van der Waals surface area contributed by atoms with Crippen molar-refractivity contribution in [2.45, 2.75) is 57.0 Å². The second-order valence-corrected chi connectivity index (χ2v) is 11.0. The second-order valence-electron chi connectivity index (χ2n) is 9.06. The molecule has 190 valence electrons. The van der Waals surface area contributed by atoms with Gasteiger partial charge in [0.2, 0.25) is 15.9 Å². The average molecular weight is 502 g/mol. The number of piperidine rings is 1. The fraction of sp³-hybridized carbons (Fsp3) is 0.462. The van der Waals surface area contributed by atoms with Crippen LogP contribution >= 0.6 is 0 Å². The van der Waals surface area contributed by atoms with Gasteiger partial charge in [0.25, 0.3) is 5.91 Å². The van der Waals surface area contributed by atoms with Crippen LogP contribution in [0.5, 0.6) is 5.75 Å². The van der Waals surface area contributed by atoms with Crippen molar-refractivity contribution in [3.05, 3.63) is 59.7 Å². The van der Waals surface area contributed by atoms with Gasteiger partial charge >= 0.3 is 0 Å². The first-order valence-corrected chi connectivity index (χ1v) is 13.4. The maximum Gasteiger partial charge on any atom is 0.252 e. The van der Waals surface area contributed by atoms with Gasteiger partial charge in [0.1, 0.15) is 11.8 Å². The Labute approximate surface area is 208 Å². The fourth-order valence-corrected chi connectivity index (χ4v) is 5.60. The Bertz CT molecular complexity index is 1130. The molecule has 2 amide bonds. The minimum absolute atomic E-state index is 0.0410. The van der Waals surface area contributed by atoms with Crippen molar-refractivity contribution in [1.82, 2.24) is 14.9 Å². The lowest BCUT2D eigenvalue weighted by atomic mass is 9.89. The molecule has 35 heavy (non-hydrogen) atoms. The van der Waals surface area contributed by atoms with Gasteiger partial charge in [-0.05, 0) is 69.4 Å². The third-order valence-corrected chi connectivity index (χ3v) is 8.44. The lowest BCUT2D eigenvalue weighted by molar-refractivity contribution is -0.125. The molecule has 2 aromatic rings. The highest BCUT2D eigenvalue weighted by Crippen LogP contribution is 2.27. The minimum atomic E-state index is -3.61. The highest BCUT2D eigenvalue weighted by molar-refractivity contribution is 7.89. The normalized spacial score (nSPS) is 16.8. The molecule has 0 spiro atoms. The molecule has 1 heterocycles. The summed E-state index contributed by atoms with van der Waals surface area (Å²) in [6.45, 7) is 6.36. The molecular formula is C26H35N3O5S. The number of aryl methyl sites for hydroxylation is 1. The lowest BCUT2D eigenvalue weighted by Gasteiger charge is -2.35. The molecule has 2 atom stereocenters. The van der Waals surface area contributed by atoms with Crippen molar-refractivity contribution in [2.75, 3.05) is 20.2 Å². The Kier molecular flexibility index (Phi) is 8.91. The summed E-state index contributed by atoms with van der Waals surface area (Å²) >= 11 is 0. The van der Waals surface area contributed by atoms with E-state index in [1.807, 2.05) is 20.8 Å². The molecule has 3 rings (SSSR count). The smallest absolute Gasteiger partial charge is 0.252 e. The maximum atomic E-state index is 13.2. The quantitative estimate of drug-likeness (QED) is 0.549. The fourth-order valence-electron chi connectivity index (χ4n) is 4.13. The first kappa shape index (κ1) is 26.7. The molecule has 0 bridgehead atoms. The van der Waals surface area contributed by atoms with Crippen LogP contribution < -0.4 is 15.4 Å². The SMILES string of the molecule is CCC(C)NC(=O)C(NC(=O)c1cccc(OC)c1)C1CCN(S(=O)(=O)c2ccc(C)cc2)CC1. The van der Waals surface area contributed by atoms with Crippen LogP contribution in [-0.4, -0.2) is 56.8 Å². The summed E-state index contributed by atoms with van der Waals surface area (Å²) in [5, 5.41) is 5.87. The number of hydrogen-bond acceptors (Lipinski definition) is 5. The zero-order valence-electron chi connectivity index (χ0n) is 20.8. The molecule has 8 nitrogen and oxygen atoms in total. The first-order valence-electron chi connectivity index (χ1n) is 12.0. The third-order valence-electron chi connectivity index (χ3n) is 6.53. The third kappa shape index (κ3) is 6.61. The zero-order chi connectivity index (χ0) is 25.6. The predicted octanol–water partition coefficient (Wildman–Crippen LogP) is 3.12. The number of carbonyl (C=O) groups excluding carboxylic acids is 2. The van der Waals surface area contributed by atoms with E-state index in [2.05, 4.69) is 10.6 Å². The summed E-state index contributed by atoms with van der Waals surface area (Å²) in [4.78, 5) is 26.4. The van der Waals surface area contributed by atoms with Crippen LogP contribution in [0.15, 0.2) is 53.4 Å². The molecule has 2 N–H and O–H groups in total. The Balaban J connectivity index is 1.75. The minimum Gasteiger partial charge on any atom is -0.497 e. The number of sulfonamides is 1. The highest BCUT2D eigenvalue weighted by Gasteiger charge is 2.36. The van der Waals surface area contributed by atoms with E-state index in [-0.39, 0.29) is 41.8 Å². The van der Waals surface area contributed by atoms with E-state index in [0.29, 0.717) is 24.2 Å². The summed E-state index contributed by atoms with van der Waals surface area (Å²) in [7, 11) is -2.09. The van der Waals surface area contributed by atoms with Crippen molar-refractivity contribution in [3.63, 3.8) is 0 Å². The van der Waals surface area contributed by atoms with Gasteiger partial charge in [0.05, 0.1) is 12.0 Å². The predicted molar refractivity (Wildman–Crippen MR) is 135 cm³/mol. The number of nitrogens with zero attached hydrogens (tertiary/aromatic N) is 1. The van der Waals surface area contributed by atoms with Gasteiger partial charge in [-0.3, -0.25) is 9.59 Å². The van der Waals surface area contributed by atoms with Crippen LogP contribution in [-0.2, 0) is 14.8 Å². The van der Waals surface area contributed by atoms with Crippen LogP contribution in [0, 0.1) is 12.8 Å². The Morgan fingerprint density at radius 1 is 1.09 bits per heavy atom. The second kappa shape index (κ2) is 11.7. The van der Waals surface area contributed by atoms with Crippen LogP contribution in [0.4, 0.5) is 0 Å². The van der Waals surface area contributed by atoms with Crippen molar-refractivity contribution in [2.24, 2.45) is 5.92 Å². The zero-order valence-corrected chi connectivity index (χ0v) is 21.6. The Hall–Kier alpha value is -2.91. The van der Waals surface area contributed by atoms with Gasteiger partial charge in [-0.15, -0.1) is 0 Å². The van der Waals surface area contributed by atoms with E-state index in [4.69, 9.17) is 4.74 Å². The number of rotatable bonds is 9. The van der Waals surface area contributed by atoms with Crippen molar-refractivity contribution >= 4 is 21.8 Å². The average Bonchev–Trinajstić information content (AvgIpc) is 2.87. The number of carbonyl (C=O) groups is 2. The summed E-state index contributed by atoms with van der Waals surface area (Å²) in [6.07, 6.45) is 1.68. The molecule has 2 aromatic carbocycles. The van der Waals surface area contributed by atoms with Gasteiger partial charge < -0.3 is 15.4 Å². The van der Waals surface area contributed by atoms with Gasteiger partial charge in [0, 0.05) is 24.7 Å². The topological polar surface area (TPSA) is 105 Å². The maximum absolute atomic E-state index is 13.2. The van der Waals surface area contributed by atoms with E-state index < -0.39 is 16.1 Å². The van der Waals surface area contributed by atoms with Gasteiger partial charge in [-0.2, -0.15) is 4.31 Å². The van der Waals surface area contributed by atoms with Crippen LogP contribution in [0.25, 0.3) is 0 Å². The molecule has 1 fully saturated rings. The lowest BCUT2D eigenvalue weighted by Crippen LogP contribution is -2.55. The summed E-state index contributed by atoms with van der Waals surface area (Å²) in [6, 6.07) is 12.7. The van der Waals surface area contributed by atoms with E-state index in [0.717, 1.165) is 12.0 Å². The van der Waals surface area contributed by atoms with Crippen LogP contribution in [0.1, 0.15) is 49.0 Å². The molecule has 0 radical (unpaired) electrons. The van der Waals surface area contributed by atoms with Gasteiger partial charge in [-0.25, -0.2) is 8.42 Å². The Morgan fingerprint density at radius 2 is 1.74 bits per heavy atom. The number of amides is 2. The molecule has 0 saturated carbocycles. The summed E-state index contributed by atoms with van der Waals surface area (Å²) in [5.74, 6) is -0.274. The first-order chi connectivity index (χ1) is 16.6. The molecular weight excluding hydrogens is 466 g/mol. The number of methoxy groups -OCH3 is 1. The highest BCUT2D eigenvalue weighted by atomic mass is 32.2. The molecule has 2 unspecified atom stereocenters. The largest absolute Gasteiger partial charge is 0.497 e. The van der Waals surface area contributed by atoms with Crippen LogP contribution in [0.3, 0.4) is 0 Å². The van der Waals surface area contributed by atoms with Gasteiger partial charge in [-0.1, -0.05) is 30.7 Å². The number of ether oxygens (including phenoxy) is 1. The van der Waals surface area contributed by atoms with Crippen molar-refractivity contribution < 1.29 is 22.7 Å². The molecule has 9 heteroatoms. The van der Waals surface area contributed by atoms with Crippen LogP contribution in [0.2, 0.25) is 0 Å². The summed E-state index contributed by atoms with van der Waals surface area (Å²) in [5.41, 5.74) is 1.38. The van der Waals surface area contributed by atoms with E-state index >= 15 is 0 Å². The summed E-state index contributed by atoms with van der Waals surface area (Å²) < 4.78 is 32.8. The van der Waals surface area contributed by atoms with E-state index in [1.54, 1.807) is 48.5 Å². The molecule has 1 aliphatic rings. The molecule has 0 aliphatic carbocycles. The van der Waals surface area contributed by atoms with Crippen molar-refractivity contribution in [1.29, 1.82) is 0 Å². The van der Waals surface area contributed by atoms with Gasteiger partial charge in [0.15, 0.2) is 0 Å². The van der Waals surface area contributed by atoms with Crippen molar-refractivity contribution in [3.8, 4) is 5.75 Å². The Morgan fingerprint density at radius 3 is 2.34 bits per heavy atom. The molecule has 0 aromatic heterocycles. The number of nitrogens with one attached hydrogen (secondary N) is 2. The molecule has 1 aliphatic heterocycles. The number of hydrogen-bond donors (Lipinski definition) is 2.